The van der Waals surface area contributed by atoms with Crippen LogP contribution in [-0.2, 0) is 13.1 Å². The van der Waals surface area contributed by atoms with Crippen LogP contribution in [0.4, 0.5) is 5.69 Å². The normalized spacial score (nSPS) is 16.2. The highest BCUT2D eigenvalue weighted by Crippen LogP contribution is 2.14. The number of hydrogen-bond acceptors (Lipinski definition) is 5. The minimum absolute atomic E-state index is 0.101. The number of piperidine rings is 1. The Labute approximate surface area is 176 Å². The molecule has 3 rings (SSSR count). The van der Waals surface area contributed by atoms with E-state index in [-0.39, 0.29) is 10.6 Å². The van der Waals surface area contributed by atoms with Crippen LogP contribution in [0.5, 0.6) is 0 Å². The molecule has 2 heterocycles. The summed E-state index contributed by atoms with van der Waals surface area (Å²) in [5.41, 5.74) is 1.05. The van der Waals surface area contributed by atoms with Gasteiger partial charge in [-0.2, -0.15) is 0 Å². The fraction of sp³-hybridized carbons (Fsp3) is 0.476. The Kier molecular flexibility index (Phi) is 7.60. The lowest BCUT2D eigenvalue weighted by atomic mass is 10.0. The second-order valence-electron chi connectivity index (χ2n) is 7.57. The fourth-order valence-corrected chi connectivity index (χ4v) is 4.03. The molecule has 156 valence electrons. The molecule has 0 bridgehead atoms. The number of likely N-dealkylation sites (tertiary alicyclic amines) is 1. The van der Waals surface area contributed by atoms with Crippen LogP contribution in [0.2, 0.25) is 0 Å². The van der Waals surface area contributed by atoms with Crippen LogP contribution in [0.15, 0.2) is 46.8 Å². The van der Waals surface area contributed by atoms with Crippen LogP contribution in [0, 0.1) is 10.1 Å². The van der Waals surface area contributed by atoms with Gasteiger partial charge >= 0.3 is 0 Å². The Balaban J connectivity index is 1.62. The van der Waals surface area contributed by atoms with Gasteiger partial charge in [0.1, 0.15) is 0 Å². The number of nitrogens with one attached hydrogen (secondary N) is 2. The Morgan fingerprint density at radius 3 is 2.59 bits per heavy atom. The molecule has 1 aromatic heterocycles. The highest BCUT2D eigenvalue weighted by molar-refractivity contribution is 7.09. The molecule has 0 aliphatic carbocycles. The van der Waals surface area contributed by atoms with Gasteiger partial charge in [0.05, 0.1) is 18.0 Å². The van der Waals surface area contributed by atoms with E-state index in [2.05, 4.69) is 40.8 Å². The monoisotopic (exact) mass is 415 g/mol. The molecule has 0 atom stereocenters. The van der Waals surface area contributed by atoms with E-state index in [0.717, 1.165) is 44.0 Å². The van der Waals surface area contributed by atoms with E-state index >= 15 is 0 Å². The maximum absolute atomic E-state index is 10.8. The highest BCUT2D eigenvalue weighted by atomic mass is 32.1. The summed E-state index contributed by atoms with van der Waals surface area (Å²) in [5, 5.41) is 19.9. The van der Waals surface area contributed by atoms with Gasteiger partial charge in [0, 0.05) is 42.2 Å². The summed E-state index contributed by atoms with van der Waals surface area (Å²) in [7, 11) is 0. The molecule has 1 fully saturated rings. The van der Waals surface area contributed by atoms with E-state index in [9.17, 15) is 10.1 Å². The largest absolute Gasteiger partial charge is 0.354 e. The number of nitro benzene ring substituents is 1. The molecule has 0 spiro atoms. The zero-order valence-corrected chi connectivity index (χ0v) is 17.8. The second-order valence-corrected chi connectivity index (χ2v) is 8.60. The number of nitrogens with zero attached hydrogens (tertiary/aromatic N) is 3. The predicted molar refractivity (Wildman–Crippen MR) is 118 cm³/mol. The lowest BCUT2D eigenvalue weighted by Crippen LogP contribution is -2.49. The zero-order chi connectivity index (χ0) is 20.6. The van der Waals surface area contributed by atoms with Gasteiger partial charge in [0.2, 0.25) is 0 Å². The van der Waals surface area contributed by atoms with Gasteiger partial charge in [-0.3, -0.25) is 10.1 Å². The van der Waals surface area contributed by atoms with Crippen molar-refractivity contribution in [3.63, 3.8) is 0 Å². The number of non-ortho nitro benzene ring substituents is 1. The first kappa shape index (κ1) is 21.3. The van der Waals surface area contributed by atoms with E-state index < -0.39 is 0 Å². The van der Waals surface area contributed by atoms with Crippen molar-refractivity contribution in [2.75, 3.05) is 13.1 Å². The van der Waals surface area contributed by atoms with E-state index in [4.69, 9.17) is 4.99 Å². The standard InChI is InChI=1S/C21H29N5O2S/c1-16(2)25-11-9-18(10-12-25)24-21(23-15-20-4-3-13-29-20)22-14-17-5-7-19(8-6-17)26(27)28/h3-8,13,16,18H,9-12,14-15H2,1-2H3,(H2,22,23,24). The first-order valence-electron chi connectivity index (χ1n) is 10.1. The summed E-state index contributed by atoms with van der Waals surface area (Å²) < 4.78 is 0. The minimum Gasteiger partial charge on any atom is -0.354 e. The SMILES string of the molecule is CC(C)N1CCC(NC(=NCc2ccc([N+](=O)[O-])cc2)NCc2cccs2)CC1. The maximum atomic E-state index is 10.8. The predicted octanol–water partition coefficient (Wildman–Crippen LogP) is 3.76. The van der Waals surface area contributed by atoms with Crippen LogP contribution in [0.3, 0.4) is 0 Å². The van der Waals surface area contributed by atoms with Gasteiger partial charge in [-0.05, 0) is 43.7 Å². The molecule has 2 N–H and O–H groups in total. The maximum Gasteiger partial charge on any atom is 0.269 e. The van der Waals surface area contributed by atoms with Crippen LogP contribution in [0.1, 0.15) is 37.1 Å². The highest BCUT2D eigenvalue weighted by Gasteiger charge is 2.21. The number of benzene rings is 1. The van der Waals surface area contributed by atoms with Gasteiger partial charge in [0.15, 0.2) is 5.96 Å². The van der Waals surface area contributed by atoms with Crippen molar-refractivity contribution in [3.8, 4) is 0 Å². The molecule has 8 heteroatoms. The summed E-state index contributed by atoms with van der Waals surface area (Å²) >= 11 is 1.72. The van der Waals surface area contributed by atoms with Crippen molar-refractivity contribution in [1.29, 1.82) is 0 Å². The van der Waals surface area contributed by atoms with Crippen molar-refractivity contribution < 1.29 is 4.92 Å². The average Bonchev–Trinajstić information content (AvgIpc) is 3.24. The molecule has 1 aliphatic rings. The lowest BCUT2D eigenvalue weighted by Gasteiger charge is -2.35. The van der Waals surface area contributed by atoms with Crippen molar-refractivity contribution in [1.82, 2.24) is 15.5 Å². The number of aliphatic imine (C=N–C) groups is 1. The third kappa shape index (κ3) is 6.54. The Bertz CT molecular complexity index is 797. The Hall–Kier alpha value is -2.45. The smallest absolute Gasteiger partial charge is 0.269 e. The van der Waals surface area contributed by atoms with Crippen molar-refractivity contribution >= 4 is 23.0 Å². The van der Waals surface area contributed by atoms with Gasteiger partial charge < -0.3 is 15.5 Å². The lowest BCUT2D eigenvalue weighted by molar-refractivity contribution is -0.384. The zero-order valence-electron chi connectivity index (χ0n) is 17.0. The van der Waals surface area contributed by atoms with E-state index in [1.165, 1.54) is 17.0 Å². The summed E-state index contributed by atoms with van der Waals surface area (Å²) in [5.74, 6) is 0.791. The Morgan fingerprint density at radius 2 is 2.00 bits per heavy atom. The molecule has 1 aliphatic heterocycles. The van der Waals surface area contributed by atoms with E-state index in [0.29, 0.717) is 18.6 Å². The molecular formula is C21H29N5O2S. The first-order valence-corrected chi connectivity index (χ1v) is 10.9. The minimum atomic E-state index is -0.383. The van der Waals surface area contributed by atoms with Crippen LogP contribution >= 0.6 is 11.3 Å². The third-order valence-corrected chi connectivity index (χ3v) is 6.05. The second kappa shape index (κ2) is 10.4. The van der Waals surface area contributed by atoms with Crippen LogP contribution in [0.25, 0.3) is 0 Å². The molecular weight excluding hydrogens is 386 g/mol. The van der Waals surface area contributed by atoms with Crippen molar-refractivity contribution in [3.05, 3.63) is 62.3 Å². The van der Waals surface area contributed by atoms with Gasteiger partial charge in [-0.1, -0.05) is 18.2 Å². The number of hydrogen-bond donors (Lipinski definition) is 2. The summed E-state index contributed by atoms with van der Waals surface area (Å²) in [6, 6.07) is 11.7. The third-order valence-electron chi connectivity index (χ3n) is 5.18. The molecule has 0 unspecified atom stereocenters. The Morgan fingerprint density at radius 1 is 1.28 bits per heavy atom. The van der Waals surface area contributed by atoms with Crippen LogP contribution in [-0.4, -0.2) is 41.0 Å². The molecule has 1 aromatic carbocycles. The van der Waals surface area contributed by atoms with E-state index in [1.807, 2.05) is 6.07 Å². The van der Waals surface area contributed by atoms with Gasteiger partial charge in [-0.15, -0.1) is 11.3 Å². The molecule has 0 amide bonds. The topological polar surface area (TPSA) is 82.8 Å². The van der Waals surface area contributed by atoms with Gasteiger partial charge in [-0.25, -0.2) is 4.99 Å². The summed E-state index contributed by atoms with van der Waals surface area (Å²) in [6.45, 7) is 7.88. The molecule has 29 heavy (non-hydrogen) atoms. The van der Waals surface area contributed by atoms with E-state index in [1.54, 1.807) is 23.5 Å². The summed E-state index contributed by atoms with van der Waals surface area (Å²) in [6.07, 6.45) is 2.19. The molecule has 0 saturated carbocycles. The van der Waals surface area contributed by atoms with Crippen LogP contribution < -0.4 is 10.6 Å². The van der Waals surface area contributed by atoms with Crippen molar-refractivity contribution in [2.24, 2.45) is 4.99 Å². The van der Waals surface area contributed by atoms with Gasteiger partial charge in [0.25, 0.3) is 5.69 Å². The fourth-order valence-electron chi connectivity index (χ4n) is 3.38. The number of thiophene rings is 1. The molecule has 0 radical (unpaired) electrons. The number of nitro groups is 1. The van der Waals surface area contributed by atoms with Crippen molar-refractivity contribution in [2.45, 2.75) is 51.9 Å². The number of rotatable bonds is 7. The first-order chi connectivity index (χ1) is 14.0. The summed E-state index contributed by atoms with van der Waals surface area (Å²) in [4.78, 5) is 18.9. The molecule has 1 saturated heterocycles. The number of guanidine groups is 1. The molecule has 2 aromatic rings. The molecule has 7 nitrogen and oxygen atoms in total. The average molecular weight is 416 g/mol. The quantitative estimate of drug-likeness (QED) is 0.311.